The fraction of sp³-hybridized carbons (Fsp3) is 0.176. The van der Waals surface area contributed by atoms with Crippen LogP contribution in [0.25, 0.3) is 0 Å². The molecular formula is C17H18N2O3. The summed E-state index contributed by atoms with van der Waals surface area (Å²) in [6.07, 6.45) is 5.34. The molecule has 1 aromatic rings. The number of rotatable bonds is 5. The predicted molar refractivity (Wildman–Crippen MR) is 85.4 cm³/mol. The largest absolute Gasteiger partial charge is 0.478 e. The Hall–Kier alpha value is -2.82. The summed E-state index contributed by atoms with van der Waals surface area (Å²) >= 11 is 0. The molecule has 1 amide bonds. The molecule has 0 saturated heterocycles. The van der Waals surface area contributed by atoms with Crippen molar-refractivity contribution in [3.05, 3.63) is 65.5 Å². The van der Waals surface area contributed by atoms with Crippen molar-refractivity contribution < 1.29 is 14.7 Å². The second kappa shape index (κ2) is 6.76. The molecule has 0 spiro atoms. The molecule has 0 heterocycles. The van der Waals surface area contributed by atoms with Crippen molar-refractivity contribution in [2.24, 2.45) is 0 Å². The van der Waals surface area contributed by atoms with Crippen LogP contribution in [0, 0.1) is 0 Å². The van der Waals surface area contributed by atoms with Crippen LogP contribution in [-0.2, 0) is 4.79 Å². The molecule has 5 nitrogen and oxygen atoms in total. The number of allylic oxidation sites excluding steroid dienone is 4. The van der Waals surface area contributed by atoms with E-state index in [1.807, 2.05) is 12.2 Å². The average molecular weight is 298 g/mol. The summed E-state index contributed by atoms with van der Waals surface area (Å²) in [5.41, 5.74) is 3.75. The van der Waals surface area contributed by atoms with Crippen molar-refractivity contribution in [3.63, 3.8) is 0 Å². The Morgan fingerprint density at radius 1 is 1.09 bits per heavy atom. The fourth-order valence-corrected chi connectivity index (χ4v) is 2.17. The van der Waals surface area contributed by atoms with Crippen molar-refractivity contribution >= 4 is 17.6 Å². The third kappa shape index (κ3) is 4.09. The second-order valence-corrected chi connectivity index (χ2v) is 5.05. The Morgan fingerprint density at radius 3 is 2.27 bits per heavy atom. The van der Waals surface area contributed by atoms with E-state index in [0.717, 1.165) is 35.5 Å². The van der Waals surface area contributed by atoms with Crippen molar-refractivity contribution in [2.45, 2.75) is 19.8 Å². The minimum atomic E-state index is -0.948. The fourth-order valence-electron chi connectivity index (χ4n) is 2.17. The highest BCUT2D eigenvalue weighted by atomic mass is 16.4. The van der Waals surface area contributed by atoms with Crippen LogP contribution in [0.4, 0.5) is 5.69 Å². The average Bonchev–Trinajstić information content (AvgIpc) is 2.48. The molecule has 1 aromatic carbocycles. The first kappa shape index (κ1) is 15.6. The molecule has 3 N–H and O–H groups in total. The van der Waals surface area contributed by atoms with Crippen LogP contribution >= 0.6 is 0 Å². The van der Waals surface area contributed by atoms with Gasteiger partial charge < -0.3 is 15.7 Å². The first-order valence-corrected chi connectivity index (χ1v) is 6.92. The van der Waals surface area contributed by atoms with Crippen molar-refractivity contribution in [3.8, 4) is 0 Å². The quantitative estimate of drug-likeness (QED) is 0.780. The maximum Gasteiger partial charge on any atom is 0.335 e. The van der Waals surface area contributed by atoms with Crippen molar-refractivity contribution in [2.75, 3.05) is 5.32 Å². The van der Waals surface area contributed by atoms with Crippen LogP contribution in [0.15, 0.2) is 60.0 Å². The number of carbonyl (C=O) groups is 2. The van der Waals surface area contributed by atoms with Gasteiger partial charge in [-0.2, -0.15) is 0 Å². The lowest BCUT2D eigenvalue weighted by atomic mass is 10.00. The Balaban J connectivity index is 2.00. The maximum atomic E-state index is 11.0. The lowest BCUT2D eigenvalue weighted by Crippen LogP contribution is -2.20. The third-order valence-electron chi connectivity index (χ3n) is 3.30. The van der Waals surface area contributed by atoms with Gasteiger partial charge in [-0.3, -0.25) is 4.79 Å². The van der Waals surface area contributed by atoms with Gasteiger partial charge in [-0.25, -0.2) is 4.79 Å². The summed E-state index contributed by atoms with van der Waals surface area (Å²) in [6, 6.07) is 6.50. The molecule has 0 unspecified atom stereocenters. The molecule has 0 bridgehead atoms. The molecule has 0 saturated carbocycles. The summed E-state index contributed by atoms with van der Waals surface area (Å²) in [6.45, 7) is 5.49. The van der Waals surface area contributed by atoms with E-state index in [4.69, 9.17) is 5.11 Å². The highest BCUT2D eigenvalue weighted by Crippen LogP contribution is 2.23. The standard InChI is InChI=1S/C17H18N2O3/c1-11(13-3-7-16(8-4-13)19-12(2)20)18-15-9-5-14(6-10-15)17(21)22/h3,5-7,9-10,18H,1,4,8H2,2H3,(H,19,20)(H,21,22). The first-order chi connectivity index (χ1) is 10.5. The predicted octanol–water partition coefficient (Wildman–Crippen LogP) is 3.05. The molecule has 0 fully saturated rings. The number of nitrogens with one attached hydrogen (secondary N) is 2. The van der Waals surface area contributed by atoms with E-state index < -0.39 is 5.97 Å². The SMILES string of the molecule is C=C(Nc1ccc(C(=O)O)cc1)C1=CC=C(NC(C)=O)CC1. The molecule has 2 rings (SSSR count). The number of amides is 1. The lowest BCUT2D eigenvalue weighted by Gasteiger charge is -2.18. The normalized spacial score (nSPS) is 13.7. The molecule has 1 aliphatic rings. The van der Waals surface area contributed by atoms with Crippen molar-refractivity contribution in [1.29, 1.82) is 0 Å². The summed E-state index contributed by atoms with van der Waals surface area (Å²) in [5.74, 6) is -1.02. The van der Waals surface area contributed by atoms with E-state index in [1.54, 1.807) is 24.3 Å². The Morgan fingerprint density at radius 2 is 1.77 bits per heavy atom. The summed E-state index contributed by atoms with van der Waals surface area (Å²) in [4.78, 5) is 21.8. The van der Waals surface area contributed by atoms with Gasteiger partial charge in [0.2, 0.25) is 5.91 Å². The van der Waals surface area contributed by atoms with Gasteiger partial charge in [0.1, 0.15) is 0 Å². The maximum absolute atomic E-state index is 11.0. The minimum Gasteiger partial charge on any atom is -0.478 e. The van der Waals surface area contributed by atoms with Crippen LogP contribution < -0.4 is 10.6 Å². The Kier molecular flexibility index (Phi) is 4.78. The van der Waals surface area contributed by atoms with Gasteiger partial charge in [0.15, 0.2) is 0 Å². The molecule has 5 heteroatoms. The zero-order valence-corrected chi connectivity index (χ0v) is 12.3. The zero-order chi connectivity index (χ0) is 16.1. The van der Waals surface area contributed by atoms with Gasteiger partial charge in [-0.05, 0) is 48.8 Å². The summed E-state index contributed by atoms with van der Waals surface area (Å²) in [7, 11) is 0. The van der Waals surface area contributed by atoms with Crippen LogP contribution in [0.2, 0.25) is 0 Å². The number of hydrogen-bond acceptors (Lipinski definition) is 3. The van der Waals surface area contributed by atoms with Gasteiger partial charge in [0, 0.05) is 24.0 Å². The van der Waals surface area contributed by atoms with Crippen molar-refractivity contribution in [1.82, 2.24) is 5.32 Å². The van der Waals surface area contributed by atoms with Crippen LogP contribution in [0.3, 0.4) is 0 Å². The topological polar surface area (TPSA) is 78.4 Å². The number of aromatic carboxylic acids is 1. The van der Waals surface area contributed by atoms with Crippen LogP contribution in [-0.4, -0.2) is 17.0 Å². The van der Waals surface area contributed by atoms with E-state index in [0.29, 0.717) is 0 Å². The number of carbonyl (C=O) groups excluding carboxylic acids is 1. The molecule has 0 aromatic heterocycles. The summed E-state index contributed by atoms with van der Waals surface area (Å²) in [5, 5.41) is 14.8. The van der Waals surface area contributed by atoms with E-state index in [-0.39, 0.29) is 11.5 Å². The first-order valence-electron chi connectivity index (χ1n) is 6.92. The zero-order valence-electron chi connectivity index (χ0n) is 12.3. The summed E-state index contributed by atoms with van der Waals surface area (Å²) < 4.78 is 0. The Bertz CT molecular complexity index is 670. The van der Waals surface area contributed by atoms with Gasteiger partial charge in [-0.15, -0.1) is 0 Å². The molecule has 22 heavy (non-hydrogen) atoms. The smallest absolute Gasteiger partial charge is 0.335 e. The van der Waals surface area contributed by atoms with Gasteiger partial charge in [-0.1, -0.05) is 12.7 Å². The minimum absolute atomic E-state index is 0.0708. The van der Waals surface area contributed by atoms with Gasteiger partial charge in [0.25, 0.3) is 0 Å². The third-order valence-corrected chi connectivity index (χ3v) is 3.30. The van der Waals surface area contributed by atoms with Gasteiger partial charge >= 0.3 is 5.97 Å². The molecular weight excluding hydrogens is 280 g/mol. The highest BCUT2D eigenvalue weighted by molar-refractivity contribution is 5.88. The number of benzene rings is 1. The molecule has 114 valence electrons. The molecule has 0 atom stereocenters. The molecule has 1 aliphatic carbocycles. The van der Waals surface area contributed by atoms with Crippen LogP contribution in [0.1, 0.15) is 30.1 Å². The van der Waals surface area contributed by atoms with E-state index in [9.17, 15) is 9.59 Å². The van der Waals surface area contributed by atoms with Crippen LogP contribution in [0.5, 0.6) is 0 Å². The van der Waals surface area contributed by atoms with E-state index in [1.165, 1.54) is 6.92 Å². The highest BCUT2D eigenvalue weighted by Gasteiger charge is 2.10. The van der Waals surface area contributed by atoms with E-state index >= 15 is 0 Å². The number of carboxylic acid groups (broad SMARTS) is 1. The Labute approximate surface area is 129 Å². The van der Waals surface area contributed by atoms with E-state index in [2.05, 4.69) is 17.2 Å². The number of hydrogen-bond donors (Lipinski definition) is 3. The number of carboxylic acids is 1. The van der Waals surface area contributed by atoms with Gasteiger partial charge in [0.05, 0.1) is 5.56 Å². The number of anilines is 1. The molecule has 0 aliphatic heterocycles. The monoisotopic (exact) mass is 298 g/mol. The second-order valence-electron chi connectivity index (χ2n) is 5.05. The lowest BCUT2D eigenvalue weighted by molar-refractivity contribution is -0.118. The molecule has 0 radical (unpaired) electrons.